The zero-order valence-corrected chi connectivity index (χ0v) is 9.87. The van der Waals surface area contributed by atoms with E-state index in [1.807, 2.05) is 11.8 Å². The summed E-state index contributed by atoms with van der Waals surface area (Å²) >= 11 is 1.93. The van der Waals surface area contributed by atoms with Crippen molar-refractivity contribution in [3.05, 3.63) is 0 Å². The molecule has 74 valence electrons. The van der Waals surface area contributed by atoms with Gasteiger partial charge in [0.1, 0.15) is 0 Å². The first kappa shape index (κ1) is 12.3. The van der Waals surface area contributed by atoms with Crippen molar-refractivity contribution in [2.45, 2.75) is 46.2 Å². The van der Waals surface area contributed by atoms with Gasteiger partial charge in [-0.3, -0.25) is 0 Å². The number of thioether (sulfide) groups is 1. The number of hydrogen-bond acceptors (Lipinski definition) is 2. The molecule has 2 atom stereocenters. The summed E-state index contributed by atoms with van der Waals surface area (Å²) in [5.41, 5.74) is 0. The molecule has 2 heteroatoms. The molecular formula is C10H23NS. The highest BCUT2D eigenvalue weighted by Crippen LogP contribution is 2.06. The average Bonchev–Trinajstić information content (AvgIpc) is 2.03. The Morgan fingerprint density at radius 3 is 2.17 bits per heavy atom. The van der Waals surface area contributed by atoms with Gasteiger partial charge in [-0.15, -0.1) is 0 Å². The van der Waals surface area contributed by atoms with Crippen molar-refractivity contribution in [2.24, 2.45) is 5.92 Å². The van der Waals surface area contributed by atoms with Crippen LogP contribution in [-0.2, 0) is 0 Å². The summed E-state index contributed by atoms with van der Waals surface area (Å²) < 4.78 is 0. The predicted octanol–water partition coefficient (Wildman–Crippen LogP) is 2.76. The van der Waals surface area contributed by atoms with E-state index in [1.54, 1.807) is 0 Å². The van der Waals surface area contributed by atoms with E-state index in [0.29, 0.717) is 12.1 Å². The molecule has 0 radical (unpaired) electrons. The molecule has 0 aliphatic rings. The lowest BCUT2D eigenvalue weighted by atomic mass is 10.1. The molecule has 1 nitrogen and oxygen atoms in total. The lowest BCUT2D eigenvalue weighted by Gasteiger charge is -2.24. The summed E-state index contributed by atoms with van der Waals surface area (Å²) in [7, 11) is 0. The van der Waals surface area contributed by atoms with E-state index >= 15 is 0 Å². The lowest BCUT2D eigenvalue weighted by molar-refractivity contribution is 0.381. The van der Waals surface area contributed by atoms with E-state index in [0.717, 1.165) is 5.92 Å². The largest absolute Gasteiger partial charge is 0.310 e. The summed E-state index contributed by atoms with van der Waals surface area (Å²) in [6.45, 7) is 9.06. The molecule has 0 amide bonds. The molecule has 0 aromatic carbocycles. The molecule has 0 saturated carbocycles. The van der Waals surface area contributed by atoms with Gasteiger partial charge < -0.3 is 5.32 Å². The maximum atomic E-state index is 3.65. The van der Waals surface area contributed by atoms with E-state index in [1.165, 1.54) is 12.2 Å². The van der Waals surface area contributed by atoms with Crippen LogP contribution in [0.3, 0.4) is 0 Å². The number of nitrogens with one attached hydrogen (secondary N) is 1. The van der Waals surface area contributed by atoms with Gasteiger partial charge in [-0.25, -0.2) is 0 Å². The first-order valence-corrected chi connectivity index (χ1v) is 6.26. The third-order valence-corrected chi connectivity index (χ3v) is 3.09. The average molecular weight is 189 g/mol. The van der Waals surface area contributed by atoms with Crippen LogP contribution in [0.5, 0.6) is 0 Å². The Labute approximate surface area is 81.7 Å². The molecule has 12 heavy (non-hydrogen) atoms. The molecule has 0 aromatic heterocycles. The molecule has 0 bridgehead atoms. The predicted molar refractivity (Wildman–Crippen MR) is 59.9 cm³/mol. The minimum Gasteiger partial charge on any atom is -0.310 e. The highest BCUT2D eigenvalue weighted by atomic mass is 32.2. The highest BCUT2D eigenvalue weighted by molar-refractivity contribution is 7.98. The van der Waals surface area contributed by atoms with Crippen LogP contribution in [0, 0.1) is 5.92 Å². The third kappa shape index (κ3) is 5.04. The Morgan fingerprint density at radius 1 is 1.25 bits per heavy atom. The number of rotatable bonds is 6. The zero-order valence-electron chi connectivity index (χ0n) is 9.05. The van der Waals surface area contributed by atoms with E-state index in [2.05, 4.69) is 39.3 Å². The summed E-state index contributed by atoms with van der Waals surface area (Å²) in [6.07, 6.45) is 3.41. The fourth-order valence-electron chi connectivity index (χ4n) is 1.05. The van der Waals surface area contributed by atoms with Gasteiger partial charge in [-0.2, -0.15) is 11.8 Å². The fourth-order valence-corrected chi connectivity index (χ4v) is 1.78. The van der Waals surface area contributed by atoms with E-state index in [4.69, 9.17) is 0 Å². The zero-order chi connectivity index (χ0) is 9.56. The Hall–Kier alpha value is 0.310. The van der Waals surface area contributed by atoms with Crippen molar-refractivity contribution >= 4 is 11.8 Å². The summed E-state index contributed by atoms with van der Waals surface area (Å²) in [6, 6.07) is 1.33. The number of hydrogen-bond donors (Lipinski definition) is 1. The third-order valence-electron chi connectivity index (χ3n) is 2.36. The van der Waals surface area contributed by atoms with Crippen LogP contribution in [0.4, 0.5) is 0 Å². The molecule has 0 rings (SSSR count). The second kappa shape index (κ2) is 6.79. The van der Waals surface area contributed by atoms with Gasteiger partial charge in [-0.1, -0.05) is 20.8 Å². The molecular weight excluding hydrogens is 166 g/mol. The van der Waals surface area contributed by atoms with Crippen molar-refractivity contribution in [3.8, 4) is 0 Å². The molecule has 0 aliphatic carbocycles. The van der Waals surface area contributed by atoms with E-state index in [-0.39, 0.29) is 0 Å². The minimum atomic E-state index is 0.641. The molecule has 0 fully saturated rings. The van der Waals surface area contributed by atoms with Crippen LogP contribution < -0.4 is 5.32 Å². The topological polar surface area (TPSA) is 12.0 Å². The van der Waals surface area contributed by atoms with Crippen molar-refractivity contribution in [3.63, 3.8) is 0 Å². The molecule has 0 spiro atoms. The maximum absolute atomic E-state index is 3.65. The van der Waals surface area contributed by atoms with Gasteiger partial charge in [0.2, 0.25) is 0 Å². The van der Waals surface area contributed by atoms with Gasteiger partial charge in [0.25, 0.3) is 0 Å². The monoisotopic (exact) mass is 189 g/mol. The molecule has 0 aliphatic heterocycles. The summed E-state index contributed by atoms with van der Waals surface area (Å²) in [5.74, 6) is 1.97. The van der Waals surface area contributed by atoms with E-state index < -0.39 is 0 Å². The van der Waals surface area contributed by atoms with Gasteiger partial charge in [0, 0.05) is 17.8 Å². The van der Waals surface area contributed by atoms with Gasteiger partial charge in [-0.05, 0) is 25.5 Å². The van der Waals surface area contributed by atoms with Crippen molar-refractivity contribution in [2.75, 3.05) is 12.0 Å². The molecule has 1 N–H and O–H groups in total. The second-order valence-corrected chi connectivity index (χ2v) is 4.67. The minimum absolute atomic E-state index is 0.641. The van der Waals surface area contributed by atoms with Crippen LogP contribution in [0.25, 0.3) is 0 Å². The van der Waals surface area contributed by atoms with Crippen LogP contribution in [0.1, 0.15) is 34.1 Å². The smallest absolute Gasteiger partial charge is 0.0158 e. The Balaban J connectivity index is 3.68. The Bertz CT molecular complexity index is 104. The van der Waals surface area contributed by atoms with E-state index in [9.17, 15) is 0 Å². The van der Waals surface area contributed by atoms with Crippen molar-refractivity contribution in [1.29, 1.82) is 0 Å². The SMILES string of the molecule is CCC(CSC)NC(C)C(C)C. The summed E-state index contributed by atoms with van der Waals surface area (Å²) in [5, 5.41) is 3.65. The molecule has 0 heterocycles. The summed E-state index contributed by atoms with van der Waals surface area (Å²) in [4.78, 5) is 0. The quantitative estimate of drug-likeness (QED) is 0.689. The van der Waals surface area contributed by atoms with Crippen LogP contribution >= 0.6 is 11.8 Å². The molecule has 2 unspecified atom stereocenters. The standard InChI is InChI=1S/C10H23NS/c1-6-10(7-12-5)11-9(4)8(2)3/h8-11H,6-7H2,1-5H3. The lowest BCUT2D eigenvalue weighted by Crippen LogP contribution is -2.40. The molecule has 0 aromatic rings. The Morgan fingerprint density at radius 2 is 1.83 bits per heavy atom. The van der Waals surface area contributed by atoms with Gasteiger partial charge in [0.15, 0.2) is 0 Å². The first-order chi connectivity index (χ1) is 5.61. The fraction of sp³-hybridized carbons (Fsp3) is 1.00. The van der Waals surface area contributed by atoms with Gasteiger partial charge >= 0.3 is 0 Å². The normalized spacial score (nSPS) is 16.5. The maximum Gasteiger partial charge on any atom is 0.0158 e. The Kier molecular flexibility index (Phi) is 6.96. The van der Waals surface area contributed by atoms with Crippen LogP contribution in [-0.4, -0.2) is 24.1 Å². The van der Waals surface area contributed by atoms with Crippen molar-refractivity contribution in [1.82, 2.24) is 5.32 Å². The second-order valence-electron chi connectivity index (χ2n) is 3.76. The van der Waals surface area contributed by atoms with Crippen LogP contribution in [0.15, 0.2) is 0 Å². The van der Waals surface area contributed by atoms with Gasteiger partial charge in [0.05, 0.1) is 0 Å². The van der Waals surface area contributed by atoms with Crippen LogP contribution in [0.2, 0.25) is 0 Å². The highest BCUT2D eigenvalue weighted by Gasteiger charge is 2.11. The van der Waals surface area contributed by atoms with Crippen molar-refractivity contribution < 1.29 is 0 Å². The molecule has 0 saturated heterocycles. The first-order valence-electron chi connectivity index (χ1n) is 4.86.